The summed E-state index contributed by atoms with van der Waals surface area (Å²) in [6, 6.07) is 21.7. The fourth-order valence-electron chi connectivity index (χ4n) is 6.49. The molecule has 0 saturated carbocycles. The van der Waals surface area contributed by atoms with Crippen LogP contribution in [-0.4, -0.2) is 43.7 Å². The second kappa shape index (κ2) is 12.1. The van der Waals surface area contributed by atoms with Crippen molar-refractivity contribution in [2.75, 3.05) is 10.6 Å². The number of piperidine rings is 1. The van der Waals surface area contributed by atoms with Crippen molar-refractivity contribution >= 4 is 35.0 Å². The normalized spacial score (nSPS) is 19.6. The summed E-state index contributed by atoms with van der Waals surface area (Å²) in [5, 5.41) is 11.2. The van der Waals surface area contributed by atoms with E-state index in [4.69, 9.17) is 16.7 Å². The van der Waals surface area contributed by atoms with E-state index in [1.54, 1.807) is 23.0 Å². The zero-order valence-corrected chi connectivity index (χ0v) is 26.4. The molecule has 9 heteroatoms. The zero-order chi connectivity index (χ0) is 31.0. The predicted octanol–water partition coefficient (Wildman–Crippen LogP) is 7.80. The first-order valence-electron chi connectivity index (χ1n) is 15.3. The molecule has 4 aromatic rings. The van der Waals surface area contributed by atoms with Gasteiger partial charge in [-0.15, -0.1) is 0 Å². The standard InChI is InChI=1S/C35H39ClN6O2/c1-22-5-12-27(13-6-22)42-32(20-30(40-42)35(2,3)4)39-34(44)38-26-10-7-23(8-11-26)17-24-18-28-14-15-29(19-24)41(28)33(43)25-9-16-31(36)37-21-25/h5-13,16,20-21,24,28-29H,14-15,17-19H2,1-4H3,(H2,38,39,44). The Bertz CT molecular complexity index is 1630. The van der Waals surface area contributed by atoms with Crippen LogP contribution in [0.2, 0.25) is 5.15 Å². The van der Waals surface area contributed by atoms with Gasteiger partial charge >= 0.3 is 6.03 Å². The first-order chi connectivity index (χ1) is 21.0. The van der Waals surface area contributed by atoms with Crippen molar-refractivity contribution < 1.29 is 9.59 Å². The van der Waals surface area contributed by atoms with E-state index in [2.05, 4.69) is 53.4 Å². The molecule has 0 spiro atoms. The van der Waals surface area contributed by atoms with Crippen molar-refractivity contribution in [3.63, 3.8) is 0 Å². The van der Waals surface area contributed by atoms with Crippen LogP contribution < -0.4 is 10.6 Å². The highest BCUT2D eigenvalue weighted by Gasteiger charge is 2.43. The largest absolute Gasteiger partial charge is 0.333 e. The van der Waals surface area contributed by atoms with Crippen LogP contribution in [0.25, 0.3) is 5.69 Å². The summed E-state index contributed by atoms with van der Waals surface area (Å²) in [6.45, 7) is 8.36. The van der Waals surface area contributed by atoms with Crippen molar-refractivity contribution in [1.82, 2.24) is 19.7 Å². The van der Waals surface area contributed by atoms with E-state index in [1.807, 2.05) is 49.4 Å². The molecule has 2 atom stereocenters. The number of carbonyl (C=O) groups excluding carboxylic acids is 2. The highest BCUT2D eigenvalue weighted by molar-refractivity contribution is 6.29. The van der Waals surface area contributed by atoms with Gasteiger partial charge in [0.2, 0.25) is 0 Å². The van der Waals surface area contributed by atoms with Crippen LogP contribution in [0.4, 0.5) is 16.3 Å². The molecule has 2 saturated heterocycles. The number of benzene rings is 2. The summed E-state index contributed by atoms with van der Waals surface area (Å²) in [4.78, 5) is 32.5. The Kier molecular flexibility index (Phi) is 8.20. The Balaban J connectivity index is 1.07. The van der Waals surface area contributed by atoms with Gasteiger partial charge in [-0.05, 0) is 86.9 Å². The number of aryl methyl sites for hydroxylation is 1. The van der Waals surface area contributed by atoms with Gasteiger partial charge in [0.25, 0.3) is 5.91 Å². The summed E-state index contributed by atoms with van der Waals surface area (Å²) >= 11 is 5.92. The van der Waals surface area contributed by atoms with Crippen LogP contribution >= 0.6 is 11.6 Å². The summed E-state index contributed by atoms with van der Waals surface area (Å²) in [6.07, 6.45) is 6.62. The Morgan fingerprint density at radius 3 is 2.23 bits per heavy atom. The van der Waals surface area contributed by atoms with Gasteiger partial charge in [-0.1, -0.05) is 62.2 Å². The van der Waals surface area contributed by atoms with Gasteiger partial charge in [0.1, 0.15) is 11.0 Å². The van der Waals surface area contributed by atoms with E-state index in [9.17, 15) is 9.59 Å². The fraction of sp³-hybridized carbons (Fsp3) is 0.371. The average molecular weight is 611 g/mol. The zero-order valence-electron chi connectivity index (χ0n) is 25.7. The lowest BCUT2D eigenvalue weighted by molar-refractivity contribution is 0.0524. The van der Waals surface area contributed by atoms with Crippen molar-refractivity contribution in [1.29, 1.82) is 0 Å². The number of rotatable bonds is 6. The molecule has 44 heavy (non-hydrogen) atoms. The first kappa shape index (κ1) is 29.9. The average Bonchev–Trinajstić information content (AvgIpc) is 3.53. The molecule has 2 unspecified atom stereocenters. The molecule has 2 aliphatic rings. The molecule has 3 amide bonds. The number of amides is 3. The molecule has 0 radical (unpaired) electrons. The van der Waals surface area contributed by atoms with E-state index >= 15 is 0 Å². The summed E-state index contributed by atoms with van der Waals surface area (Å²) < 4.78 is 1.78. The fourth-order valence-corrected chi connectivity index (χ4v) is 6.61. The quantitative estimate of drug-likeness (QED) is 0.218. The molecule has 2 N–H and O–H groups in total. The van der Waals surface area contributed by atoms with Gasteiger partial charge in [0, 0.05) is 35.4 Å². The minimum Gasteiger partial charge on any atom is -0.333 e. The van der Waals surface area contributed by atoms with Gasteiger partial charge in [0.05, 0.1) is 16.9 Å². The molecular weight excluding hydrogens is 572 g/mol. The monoisotopic (exact) mass is 610 g/mol. The number of anilines is 2. The molecular formula is C35H39ClN6O2. The third-order valence-electron chi connectivity index (χ3n) is 8.77. The maximum Gasteiger partial charge on any atom is 0.324 e. The minimum atomic E-state index is -0.323. The van der Waals surface area contributed by atoms with E-state index in [0.717, 1.165) is 54.7 Å². The van der Waals surface area contributed by atoms with Gasteiger partial charge in [-0.25, -0.2) is 14.5 Å². The number of nitrogens with zero attached hydrogens (tertiary/aromatic N) is 4. The van der Waals surface area contributed by atoms with Crippen LogP contribution in [0.3, 0.4) is 0 Å². The second-order valence-electron chi connectivity index (χ2n) is 13.2. The number of fused-ring (bicyclic) bond motifs is 2. The van der Waals surface area contributed by atoms with E-state index in [-0.39, 0.29) is 29.4 Å². The number of nitrogens with one attached hydrogen (secondary N) is 2. The molecule has 2 fully saturated rings. The number of pyridine rings is 1. The number of halogens is 1. The first-order valence-corrected chi connectivity index (χ1v) is 15.7. The molecule has 2 aromatic carbocycles. The number of hydrogen-bond acceptors (Lipinski definition) is 4. The highest BCUT2D eigenvalue weighted by Crippen LogP contribution is 2.41. The smallest absolute Gasteiger partial charge is 0.324 e. The summed E-state index contributed by atoms with van der Waals surface area (Å²) in [7, 11) is 0. The van der Waals surface area contributed by atoms with Gasteiger partial charge in [-0.2, -0.15) is 5.10 Å². The SMILES string of the molecule is Cc1ccc(-n2nc(C(C)(C)C)cc2NC(=O)Nc2ccc(CC3CC4CCC(C3)N4C(=O)c3ccc(Cl)nc3)cc2)cc1. The third kappa shape index (κ3) is 6.50. The van der Waals surface area contributed by atoms with E-state index < -0.39 is 0 Å². The van der Waals surface area contributed by atoms with Crippen molar-refractivity contribution in [2.24, 2.45) is 5.92 Å². The van der Waals surface area contributed by atoms with Crippen molar-refractivity contribution in [3.05, 3.63) is 100 Å². The van der Waals surface area contributed by atoms with Crippen LogP contribution in [0.5, 0.6) is 0 Å². The number of carbonyl (C=O) groups is 2. The number of aromatic nitrogens is 3. The lowest BCUT2D eigenvalue weighted by atomic mass is 9.85. The van der Waals surface area contributed by atoms with Crippen molar-refractivity contribution in [3.8, 4) is 5.69 Å². The molecule has 6 rings (SSSR count). The van der Waals surface area contributed by atoms with Crippen LogP contribution in [0.15, 0.2) is 72.9 Å². The van der Waals surface area contributed by atoms with Crippen molar-refractivity contribution in [2.45, 2.75) is 77.3 Å². The molecule has 8 nitrogen and oxygen atoms in total. The Morgan fingerprint density at radius 2 is 1.61 bits per heavy atom. The minimum absolute atomic E-state index is 0.0605. The summed E-state index contributed by atoms with van der Waals surface area (Å²) in [5.41, 5.74) is 5.33. The molecule has 2 bridgehead atoms. The maximum absolute atomic E-state index is 13.2. The maximum atomic E-state index is 13.2. The van der Waals surface area contributed by atoms with Crippen LogP contribution in [0, 0.1) is 12.8 Å². The number of hydrogen-bond donors (Lipinski definition) is 2. The van der Waals surface area contributed by atoms with Gasteiger partial charge < -0.3 is 10.2 Å². The predicted molar refractivity (Wildman–Crippen MR) is 175 cm³/mol. The number of urea groups is 1. The van der Waals surface area contributed by atoms with Gasteiger partial charge in [-0.3, -0.25) is 10.1 Å². The lowest BCUT2D eigenvalue weighted by Crippen LogP contribution is -2.46. The Labute approximate surface area is 263 Å². The van der Waals surface area contributed by atoms with E-state index in [1.165, 1.54) is 5.56 Å². The Hall–Kier alpha value is -4.17. The van der Waals surface area contributed by atoms with Gasteiger partial charge in [0.15, 0.2) is 0 Å². The summed E-state index contributed by atoms with van der Waals surface area (Å²) in [5.74, 6) is 1.19. The van der Waals surface area contributed by atoms with E-state index in [0.29, 0.717) is 22.5 Å². The van der Waals surface area contributed by atoms with Crippen LogP contribution in [0.1, 0.15) is 73.6 Å². The lowest BCUT2D eigenvalue weighted by Gasteiger charge is -2.39. The molecule has 4 heterocycles. The Morgan fingerprint density at radius 1 is 0.932 bits per heavy atom. The molecule has 0 aliphatic carbocycles. The topological polar surface area (TPSA) is 92.2 Å². The molecule has 2 aromatic heterocycles. The van der Waals surface area contributed by atoms with Crippen LogP contribution in [-0.2, 0) is 11.8 Å². The molecule has 2 aliphatic heterocycles. The highest BCUT2D eigenvalue weighted by atomic mass is 35.5. The second-order valence-corrected chi connectivity index (χ2v) is 13.6. The molecule has 228 valence electrons. The third-order valence-corrected chi connectivity index (χ3v) is 9.00.